The number of hydrogen-bond donors (Lipinski definition) is 2. The molecular formula is C14H16F2N4O2S. The molecule has 6 nitrogen and oxygen atoms in total. The van der Waals surface area contributed by atoms with Gasteiger partial charge in [-0.1, -0.05) is 6.07 Å². The van der Waals surface area contributed by atoms with Crippen LogP contribution in [0.3, 0.4) is 0 Å². The number of nitrogens with one attached hydrogen (secondary N) is 2. The molecule has 0 saturated carbocycles. The van der Waals surface area contributed by atoms with Crippen molar-refractivity contribution in [2.45, 2.75) is 20.3 Å². The number of rotatable bonds is 6. The lowest BCUT2D eigenvalue weighted by molar-refractivity contribution is -0.0493. The number of halogens is 2. The second-order valence-corrected chi connectivity index (χ2v) is 5.05. The van der Waals surface area contributed by atoms with E-state index in [0.29, 0.717) is 18.1 Å². The summed E-state index contributed by atoms with van der Waals surface area (Å²) in [5.41, 5.74) is 1.88. The highest BCUT2D eigenvalue weighted by Crippen LogP contribution is 2.27. The van der Waals surface area contributed by atoms with Crippen LogP contribution < -0.4 is 15.4 Å². The monoisotopic (exact) mass is 342 g/mol. The zero-order valence-electron chi connectivity index (χ0n) is 12.5. The van der Waals surface area contributed by atoms with Gasteiger partial charge in [-0.15, -0.1) is 0 Å². The topological polar surface area (TPSA) is 60.3 Å². The fourth-order valence-electron chi connectivity index (χ4n) is 1.86. The molecule has 2 N–H and O–H groups in total. The molecule has 0 atom stereocenters. The van der Waals surface area contributed by atoms with Crippen LogP contribution in [-0.4, -0.2) is 28.6 Å². The number of anilines is 2. The molecule has 0 saturated heterocycles. The molecule has 0 bridgehead atoms. The first-order valence-electron chi connectivity index (χ1n) is 6.63. The molecule has 1 heterocycles. The first kappa shape index (κ1) is 17.1. The zero-order valence-corrected chi connectivity index (χ0v) is 13.4. The molecule has 0 spiro atoms. The number of nitrogens with zero attached hydrogens (tertiary/aromatic N) is 2. The number of thiocarbonyl (C=S) groups is 1. The highest BCUT2D eigenvalue weighted by Gasteiger charge is 2.11. The fraction of sp³-hybridized carbons (Fsp3) is 0.286. The molecule has 0 aliphatic rings. The molecule has 0 fully saturated rings. The van der Waals surface area contributed by atoms with E-state index >= 15 is 0 Å². The van der Waals surface area contributed by atoms with E-state index in [4.69, 9.17) is 17.0 Å². The highest BCUT2D eigenvalue weighted by molar-refractivity contribution is 7.80. The number of methoxy groups -OCH3 is 1. The Hall–Kier alpha value is -2.26. The summed E-state index contributed by atoms with van der Waals surface area (Å²) < 4.78 is 35.9. The van der Waals surface area contributed by atoms with Crippen molar-refractivity contribution >= 4 is 28.7 Å². The van der Waals surface area contributed by atoms with E-state index in [9.17, 15) is 8.78 Å². The Morgan fingerprint density at radius 1 is 1.39 bits per heavy atom. The molecule has 1 aromatic carbocycles. The van der Waals surface area contributed by atoms with E-state index in [2.05, 4.69) is 20.5 Å². The minimum absolute atomic E-state index is 0.0184. The Balaban J connectivity index is 2.05. The molecule has 0 aliphatic carbocycles. The molecule has 0 aliphatic heterocycles. The van der Waals surface area contributed by atoms with Crippen LogP contribution in [-0.2, 0) is 11.5 Å². The predicted molar refractivity (Wildman–Crippen MR) is 86.9 cm³/mol. The van der Waals surface area contributed by atoms with Crippen LogP contribution in [0.4, 0.5) is 20.2 Å². The van der Waals surface area contributed by atoms with Crippen LogP contribution in [0.25, 0.3) is 0 Å². The normalized spacial score (nSPS) is 10.7. The molecule has 23 heavy (non-hydrogen) atoms. The van der Waals surface area contributed by atoms with E-state index in [0.717, 1.165) is 5.56 Å². The van der Waals surface area contributed by atoms with Gasteiger partial charge < -0.3 is 20.1 Å². The first-order valence-corrected chi connectivity index (χ1v) is 7.03. The van der Waals surface area contributed by atoms with Gasteiger partial charge >= 0.3 is 6.61 Å². The number of alkyl halides is 2. The van der Waals surface area contributed by atoms with Gasteiger partial charge in [-0.2, -0.15) is 13.9 Å². The van der Waals surface area contributed by atoms with Crippen molar-refractivity contribution in [3.63, 3.8) is 0 Å². The predicted octanol–water partition coefficient (Wildman–Crippen LogP) is 3.21. The van der Waals surface area contributed by atoms with Crippen LogP contribution in [0.5, 0.6) is 5.75 Å². The van der Waals surface area contributed by atoms with Crippen molar-refractivity contribution in [1.29, 1.82) is 0 Å². The maximum absolute atomic E-state index is 12.4. The average Bonchev–Trinajstić information content (AvgIpc) is 2.89. The summed E-state index contributed by atoms with van der Waals surface area (Å²) in [4.78, 5) is 0. The van der Waals surface area contributed by atoms with Crippen LogP contribution in [0.15, 0.2) is 30.6 Å². The third-order valence-electron chi connectivity index (χ3n) is 2.75. The summed E-state index contributed by atoms with van der Waals surface area (Å²) in [6.45, 7) is -0.763. The third kappa shape index (κ3) is 5.15. The Labute approximate surface area is 137 Å². The van der Waals surface area contributed by atoms with E-state index < -0.39 is 6.61 Å². The standard InChI is InChI=1S/C14H16F2N4O2S/c1-9-3-4-12(22-13(15)16)11(5-9)19-14(23)18-10-6-17-20(7-10)8-21-2/h3-7,13H,8H2,1-2H3,(H2,18,19,23). The molecule has 2 aromatic rings. The second-order valence-electron chi connectivity index (χ2n) is 4.64. The summed E-state index contributed by atoms with van der Waals surface area (Å²) in [7, 11) is 1.56. The quantitative estimate of drug-likeness (QED) is 0.786. The molecule has 1 aromatic heterocycles. The minimum Gasteiger partial charge on any atom is -0.433 e. The fourth-order valence-corrected chi connectivity index (χ4v) is 2.08. The number of aryl methyl sites for hydroxylation is 1. The lowest BCUT2D eigenvalue weighted by atomic mass is 10.2. The molecule has 124 valence electrons. The second kappa shape index (κ2) is 7.84. The third-order valence-corrected chi connectivity index (χ3v) is 2.96. The van der Waals surface area contributed by atoms with Crippen molar-refractivity contribution in [2.24, 2.45) is 0 Å². The van der Waals surface area contributed by atoms with E-state index in [1.165, 1.54) is 6.07 Å². The summed E-state index contributed by atoms with van der Waals surface area (Å²) in [6, 6.07) is 4.80. The lowest BCUT2D eigenvalue weighted by Gasteiger charge is -2.14. The number of benzene rings is 1. The highest BCUT2D eigenvalue weighted by atomic mass is 32.1. The van der Waals surface area contributed by atoms with Crippen LogP contribution in [0, 0.1) is 6.92 Å². The number of ether oxygens (including phenoxy) is 2. The van der Waals surface area contributed by atoms with Gasteiger partial charge in [0.15, 0.2) is 5.11 Å². The van der Waals surface area contributed by atoms with Crippen LogP contribution in [0.1, 0.15) is 5.56 Å². The zero-order chi connectivity index (χ0) is 16.8. The molecule has 2 rings (SSSR count). The van der Waals surface area contributed by atoms with Crippen LogP contribution in [0.2, 0.25) is 0 Å². The minimum atomic E-state index is -2.91. The van der Waals surface area contributed by atoms with Gasteiger partial charge in [-0.3, -0.25) is 0 Å². The SMILES string of the molecule is COCn1cc(NC(=S)Nc2cc(C)ccc2OC(F)F)cn1. The molecular weight excluding hydrogens is 326 g/mol. The van der Waals surface area contributed by atoms with Crippen molar-refractivity contribution in [1.82, 2.24) is 9.78 Å². The van der Waals surface area contributed by atoms with Gasteiger partial charge in [0.2, 0.25) is 0 Å². The average molecular weight is 342 g/mol. The molecule has 0 amide bonds. The van der Waals surface area contributed by atoms with Crippen molar-refractivity contribution < 1.29 is 18.3 Å². The first-order chi connectivity index (χ1) is 11.0. The van der Waals surface area contributed by atoms with Gasteiger partial charge in [0.25, 0.3) is 0 Å². The number of hydrogen-bond acceptors (Lipinski definition) is 4. The Morgan fingerprint density at radius 2 is 2.17 bits per heavy atom. The van der Waals surface area contributed by atoms with Crippen molar-refractivity contribution in [3.05, 3.63) is 36.2 Å². The maximum Gasteiger partial charge on any atom is 0.387 e. The van der Waals surface area contributed by atoms with Crippen molar-refractivity contribution in [3.8, 4) is 5.75 Å². The largest absolute Gasteiger partial charge is 0.433 e. The maximum atomic E-state index is 12.4. The van der Waals surface area contributed by atoms with E-state index in [1.807, 2.05) is 6.92 Å². The summed E-state index contributed by atoms with van der Waals surface area (Å²) in [5.74, 6) is 0.0184. The van der Waals surface area contributed by atoms with Gasteiger partial charge in [0.05, 0.1) is 23.8 Å². The Kier molecular flexibility index (Phi) is 5.83. The van der Waals surface area contributed by atoms with E-state index in [-0.39, 0.29) is 10.9 Å². The van der Waals surface area contributed by atoms with Gasteiger partial charge in [0, 0.05) is 7.11 Å². The van der Waals surface area contributed by atoms with Gasteiger partial charge in [0.1, 0.15) is 12.5 Å². The van der Waals surface area contributed by atoms with Gasteiger partial charge in [-0.25, -0.2) is 4.68 Å². The Bertz CT molecular complexity index is 679. The lowest BCUT2D eigenvalue weighted by Crippen LogP contribution is -2.19. The Morgan fingerprint density at radius 3 is 2.87 bits per heavy atom. The number of aromatic nitrogens is 2. The summed E-state index contributed by atoms with van der Waals surface area (Å²) in [5, 5.41) is 10.0. The molecule has 0 radical (unpaired) electrons. The smallest absolute Gasteiger partial charge is 0.387 e. The summed E-state index contributed by atoms with van der Waals surface area (Å²) in [6.07, 6.45) is 3.27. The van der Waals surface area contributed by atoms with E-state index in [1.54, 1.807) is 36.3 Å². The summed E-state index contributed by atoms with van der Waals surface area (Å²) >= 11 is 5.17. The molecule has 0 unspecified atom stereocenters. The van der Waals surface area contributed by atoms with Crippen LogP contribution >= 0.6 is 12.2 Å². The van der Waals surface area contributed by atoms with Gasteiger partial charge in [-0.05, 0) is 36.8 Å². The molecule has 9 heteroatoms. The van der Waals surface area contributed by atoms with Crippen molar-refractivity contribution in [2.75, 3.05) is 17.7 Å².